The van der Waals surface area contributed by atoms with E-state index in [1.54, 1.807) is 0 Å². The maximum absolute atomic E-state index is 10.1. The third kappa shape index (κ3) is 2.28. The summed E-state index contributed by atoms with van der Waals surface area (Å²) in [6.45, 7) is 1.53. The SMILES string of the molecule is COC(=O)C(C)=S. The van der Waals surface area contributed by atoms with E-state index in [4.69, 9.17) is 0 Å². The standard InChI is InChI=1S/C4H6O2S/c1-3(7)4(5)6-2/h1-2H3. The highest BCUT2D eigenvalue weighted by molar-refractivity contribution is 7.82. The molecule has 0 saturated heterocycles. The Morgan fingerprint density at radius 1 is 1.71 bits per heavy atom. The molecule has 0 atom stereocenters. The van der Waals surface area contributed by atoms with E-state index >= 15 is 0 Å². The highest BCUT2D eigenvalue weighted by Gasteiger charge is 1.98. The van der Waals surface area contributed by atoms with Crippen LogP contribution in [0.15, 0.2) is 0 Å². The van der Waals surface area contributed by atoms with Gasteiger partial charge in [-0.25, -0.2) is 4.79 Å². The molecule has 0 aromatic carbocycles. The lowest BCUT2D eigenvalue weighted by molar-refractivity contribution is -0.132. The van der Waals surface area contributed by atoms with Gasteiger partial charge in [0.05, 0.1) is 12.0 Å². The maximum Gasteiger partial charge on any atom is 0.344 e. The minimum absolute atomic E-state index is 0.266. The molecule has 7 heavy (non-hydrogen) atoms. The number of carbonyl (C=O) groups is 1. The monoisotopic (exact) mass is 118 g/mol. The number of rotatable bonds is 1. The predicted octanol–water partition coefficient (Wildman–Crippen LogP) is 0.549. The fourth-order valence-electron chi connectivity index (χ4n) is 0.144. The number of esters is 1. The molecule has 40 valence electrons. The van der Waals surface area contributed by atoms with E-state index in [0.29, 0.717) is 0 Å². The van der Waals surface area contributed by atoms with E-state index in [9.17, 15) is 4.79 Å². The zero-order valence-electron chi connectivity index (χ0n) is 4.22. The number of methoxy groups -OCH3 is 1. The second kappa shape index (κ2) is 2.69. The summed E-state index contributed by atoms with van der Waals surface area (Å²) >= 11 is 4.44. The molecule has 0 rings (SSSR count). The van der Waals surface area contributed by atoms with E-state index in [-0.39, 0.29) is 4.86 Å². The Kier molecular flexibility index (Phi) is 2.52. The summed E-state index contributed by atoms with van der Waals surface area (Å²) in [6.07, 6.45) is 0. The summed E-state index contributed by atoms with van der Waals surface area (Å²) in [6, 6.07) is 0. The second-order valence-electron chi connectivity index (χ2n) is 1.05. The largest absolute Gasteiger partial charge is 0.465 e. The molecule has 0 aliphatic rings. The van der Waals surface area contributed by atoms with Crippen LogP contribution in [0.2, 0.25) is 0 Å². The van der Waals surface area contributed by atoms with Crippen LogP contribution in [0.1, 0.15) is 6.92 Å². The first kappa shape index (κ1) is 6.56. The van der Waals surface area contributed by atoms with E-state index in [1.165, 1.54) is 14.0 Å². The Morgan fingerprint density at radius 2 is 2.14 bits per heavy atom. The number of carbonyl (C=O) groups excluding carboxylic acids is 1. The van der Waals surface area contributed by atoms with Crippen LogP contribution < -0.4 is 0 Å². The van der Waals surface area contributed by atoms with Crippen LogP contribution in [0.5, 0.6) is 0 Å². The molecule has 2 nitrogen and oxygen atoms in total. The van der Waals surface area contributed by atoms with Crippen LogP contribution in [0.25, 0.3) is 0 Å². The molecule has 0 spiro atoms. The van der Waals surface area contributed by atoms with Crippen molar-refractivity contribution in [2.24, 2.45) is 0 Å². The summed E-state index contributed by atoms with van der Waals surface area (Å²) in [5, 5.41) is 0. The van der Waals surface area contributed by atoms with Crippen LogP contribution in [0, 0.1) is 0 Å². The molecule has 0 aliphatic heterocycles. The summed E-state index contributed by atoms with van der Waals surface area (Å²) in [5.41, 5.74) is 0. The molecular weight excluding hydrogens is 112 g/mol. The molecule has 0 aromatic rings. The molecular formula is C4H6O2S. The van der Waals surface area contributed by atoms with Gasteiger partial charge in [-0.2, -0.15) is 0 Å². The number of hydrogen-bond donors (Lipinski definition) is 0. The topological polar surface area (TPSA) is 26.3 Å². The molecule has 3 heteroatoms. The second-order valence-corrected chi connectivity index (χ2v) is 1.66. The fraction of sp³-hybridized carbons (Fsp3) is 0.500. The Morgan fingerprint density at radius 3 is 2.14 bits per heavy atom. The van der Waals surface area contributed by atoms with E-state index in [1.807, 2.05) is 0 Å². The van der Waals surface area contributed by atoms with Crippen molar-refractivity contribution in [2.75, 3.05) is 7.11 Å². The van der Waals surface area contributed by atoms with E-state index < -0.39 is 5.97 Å². The average molecular weight is 118 g/mol. The third-order valence-corrected chi connectivity index (χ3v) is 0.640. The highest BCUT2D eigenvalue weighted by atomic mass is 32.1. The first-order valence-electron chi connectivity index (χ1n) is 1.77. The zero-order valence-corrected chi connectivity index (χ0v) is 5.04. The van der Waals surface area contributed by atoms with Crippen LogP contribution >= 0.6 is 12.2 Å². The predicted molar refractivity (Wildman–Crippen MR) is 30.3 cm³/mol. The molecule has 0 aromatic heterocycles. The lowest BCUT2D eigenvalue weighted by atomic mass is 10.5. The van der Waals surface area contributed by atoms with Crippen LogP contribution in [0.3, 0.4) is 0 Å². The van der Waals surface area contributed by atoms with Crippen molar-refractivity contribution in [3.8, 4) is 0 Å². The van der Waals surface area contributed by atoms with Crippen molar-refractivity contribution in [1.29, 1.82) is 0 Å². The summed E-state index contributed by atoms with van der Waals surface area (Å²) in [5.74, 6) is -0.421. The summed E-state index contributed by atoms with van der Waals surface area (Å²) in [7, 11) is 1.30. The highest BCUT2D eigenvalue weighted by Crippen LogP contribution is 1.77. The summed E-state index contributed by atoms with van der Waals surface area (Å²) < 4.78 is 4.23. The molecule has 0 N–H and O–H groups in total. The molecule has 0 saturated carbocycles. The molecule has 0 aliphatic carbocycles. The minimum Gasteiger partial charge on any atom is -0.465 e. The molecule has 0 unspecified atom stereocenters. The van der Waals surface area contributed by atoms with Crippen LogP contribution in [-0.4, -0.2) is 17.9 Å². The Bertz CT molecular complexity index is 97.9. The minimum atomic E-state index is -0.421. The quantitative estimate of drug-likeness (QED) is 0.371. The van der Waals surface area contributed by atoms with Gasteiger partial charge in [0.2, 0.25) is 0 Å². The first-order chi connectivity index (χ1) is 3.18. The van der Waals surface area contributed by atoms with Crippen molar-refractivity contribution in [2.45, 2.75) is 6.92 Å². The van der Waals surface area contributed by atoms with Gasteiger partial charge in [0, 0.05) is 0 Å². The van der Waals surface area contributed by atoms with Gasteiger partial charge in [-0.15, -0.1) is 0 Å². The Labute approximate surface area is 47.5 Å². The molecule has 0 heterocycles. The van der Waals surface area contributed by atoms with Gasteiger partial charge in [0.25, 0.3) is 0 Å². The zero-order chi connectivity index (χ0) is 5.86. The van der Waals surface area contributed by atoms with Crippen molar-refractivity contribution >= 4 is 23.1 Å². The molecule has 0 amide bonds. The van der Waals surface area contributed by atoms with Crippen molar-refractivity contribution in [3.05, 3.63) is 0 Å². The average Bonchev–Trinajstić information content (AvgIpc) is 1.65. The van der Waals surface area contributed by atoms with Crippen LogP contribution in [-0.2, 0) is 9.53 Å². The molecule has 0 bridgehead atoms. The van der Waals surface area contributed by atoms with Gasteiger partial charge in [0.1, 0.15) is 0 Å². The number of ether oxygens (including phenoxy) is 1. The fourth-order valence-corrected chi connectivity index (χ4v) is 0.227. The van der Waals surface area contributed by atoms with Gasteiger partial charge < -0.3 is 4.74 Å². The normalized spacial score (nSPS) is 7.71. The van der Waals surface area contributed by atoms with Crippen LogP contribution in [0.4, 0.5) is 0 Å². The van der Waals surface area contributed by atoms with Gasteiger partial charge in [0.15, 0.2) is 0 Å². The smallest absolute Gasteiger partial charge is 0.344 e. The first-order valence-corrected chi connectivity index (χ1v) is 2.18. The van der Waals surface area contributed by atoms with Gasteiger partial charge in [-0.3, -0.25) is 0 Å². The molecule has 0 fully saturated rings. The van der Waals surface area contributed by atoms with Gasteiger partial charge >= 0.3 is 5.97 Å². The van der Waals surface area contributed by atoms with E-state index in [2.05, 4.69) is 17.0 Å². The van der Waals surface area contributed by atoms with Crippen molar-refractivity contribution in [1.82, 2.24) is 0 Å². The maximum atomic E-state index is 10.1. The summed E-state index contributed by atoms with van der Waals surface area (Å²) in [4.78, 5) is 10.4. The number of thiocarbonyl (C=S) groups is 1. The molecule has 0 radical (unpaired) electrons. The van der Waals surface area contributed by atoms with E-state index in [0.717, 1.165) is 0 Å². The Hall–Kier alpha value is -0.440. The van der Waals surface area contributed by atoms with Crippen molar-refractivity contribution < 1.29 is 9.53 Å². The number of hydrogen-bond acceptors (Lipinski definition) is 3. The lowest BCUT2D eigenvalue weighted by Crippen LogP contribution is -2.08. The lowest BCUT2D eigenvalue weighted by Gasteiger charge is -1.89. The van der Waals surface area contributed by atoms with Crippen molar-refractivity contribution in [3.63, 3.8) is 0 Å². The van der Waals surface area contributed by atoms with Gasteiger partial charge in [-0.05, 0) is 6.92 Å². The van der Waals surface area contributed by atoms with Gasteiger partial charge in [-0.1, -0.05) is 12.2 Å². The Balaban J connectivity index is 3.58. The third-order valence-electron chi connectivity index (χ3n) is 0.473.